The molecule has 24 heavy (non-hydrogen) atoms. The Morgan fingerprint density at radius 2 is 1.96 bits per heavy atom. The molecule has 8 heteroatoms. The minimum atomic E-state index is -0.586. The summed E-state index contributed by atoms with van der Waals surface area (Å²) >= 11 is 3.38. The van der Waals surface area contributed by atoms with Gasteiger partial charge in [0.1, 0.15) is 17.2 Å². The predicted octanol–water partition coefficient (Wildman–Crippen LogP) is 3.69. The number of hydrogen-bond acceptors (Lipinski definition) is 5. The maximum absolute atomic E-state index is 12.0. The molecule has 0 bridgehead atoms. The third-order valence-electron chi connectivity index (χ3n) is 3.18. The summed E-state index contributed by atoms with van der Waals surface area (Å²) in [6, 6.07) is 9.51. The summed E-state index contributed by atoms with van der Waals surface area (Å²) < 4.78 is 11.3. The second kappa shape index (κ2) is 7.78. The standard InChI is InChI=1S/C16H15BrN2O5/c1-10-7-12(3-5-13(10)17)24-9-16(20)18-14-6-4-11(23-2)8-15(14)19(21)22/h3-8H,9H2,1-2H3,(H,18,20). The van der Waals surface area contributed by atoms with E-state index in [2.05, 4.69) is 21.2 Å². The van der Waals surface area contributed by atoms with E-state index in [0.29, 0.717) is 11.5 Å². The number of nitrogens with zero attached hydrogens (tertiary/aromatic N) is 1. The van der Waals surface area contributed by atoms with Crippen LogP contribution in [0.2, 0.25) is 0 Å². The number of aryl methyl sites for hydroxylation is 1. The first-order valence-electron chi connectivity index (χ1n) is 6.92. The fourth-order valence-corrected chi connectivity index (χ4v) is 2.18. The Kier molecular flexibility index (Phi) is 5.75. The topological polar surface area (TPSA) is 90.7 Å². The van der Waals surface area contributed by atoms with Gasteiger partial charge >= 0.3 is 0 Å². The highest BCUT2D eigenvalue weighted by Gasteiger charge is 2.17. The monoisotopic (exact) mass is 394 g/mol. The number of nitro benzene ring substituents is 1. The molecular weight excluding hydrogens is 380 g/mol. The normalized spacial score (nSPS) is 10.1. The maximum Gasteiger partial charge on any atom is 0.296 e. The fourth-order valence-electron chi connectivity index (χ4n) is 1.94. The van der Waals surface area contributed by atoms with Gasteiger partial charge in [0, 0.05) is 4.47 Å². The number of amides is 1. The smallest absolute Gasteiger partial charge is 0.296 e. The zero-order chi connectivity index (χ0) is 17.7. The molecule has 0 saturated heterocycles. The summed E-state index contributed by atoms with van der Waals surface area (Å²) in [7, 11) is 1.41. The summed E-state index contributed by atoms with van der Waals surface area (Å²) in [5, 5.41) is 13.6. The van der Waals surface area contributed by atoms with E-state index in [0.717, 1.165) is 10.0 Å². The summed E-state index contributed by atoms with van der Waals surface area (Å²) in [6.45, 7) is 1.64. The van der Waals surface area contributed by atoms with E-state index in [4.69, 9.17) is 9.47 Å². The van der Waals surface area contributed by atoms with Crippen LogP contribution in [0.15, 0.2) is 40.9 Å². The number of ether oxygens (including phenoxy) is 2. The maximum atomic E-state index is 12.0. The van der Waals surface area contributed by atoms with Gasteiger partial charge in [0.25, 0.3) is 11.6 Å². The largest absolute Gasteiger partial charge is 0.496 e. The number of halogens is 1. The Balaban J connectivity index is 2.04. The van der Waals surface area contributed by atoms with Crippen molar-refractivity contribution < 1.29 is 19.2 Å². The number of rotatable bonds is 6. The van der Waals surface area contributed by atoms with Gasteiger partial charge in [-0.15, -0.1) is 0 Å². The van der Waals surface area contributed by atoms with Gasteiger partial charge in [-0.2, -0.15) is 0 Å². The Labute approximate surface area is 146 Å². The number of benzene rings is 2. The van der Waals surface area contributed by atoms with Gasteiger partial charge in [-0.25, -0.2) is 0 Å². The lowest BCUT2D eigenvalue weighted by Crippen LogP contribution is -2.20. The van der Waals surface area contributed by atoms with Crippen LogP contribution in [0, 0.1) is 17.0 Å². The van der Waals surface area contributed by atoms with Crippen LogP contribution in [0.4, 0.5) is 11.4 Å². The molecule has 1 N–H and O–H groups in total. The van der Waals surface area contributed by atoms with Crippen molar-refractivity contribution in [2.24, 2.45) is 0 Å². The van der Waals surface area contributed by atoms with Crippen LogP contribution in [0.25, 0.3) is 0 Å². The summed E-state index contributed by atoms with van der Waals surface area (Å²) in [4.78, 5) is 22.5. The number of methoxy groups -OCH3 is 1. The number of hydrogen-bond donors (Lipinski definition) is 1. The predicted molar refractivity (Wildman–Crippen MR) is 92.7 cm³/mol. The SMILES string of the molecule is COc1ccc(NC(=O)COc2ccc(Br)c(C)c2)c([N+](=O)[O-])c1. The van der Waals surface area contributed by atoms with Gasteiger partial charge in [0.2, 0.25) is 0 Å². The molecule has 0 aromatic heterocycles. The summed E-state index contributed by atoms with van der Waals surface area (Å²) in [6.07, 6.45) is 0. The average Bonchev–Trinajstić information content (AvgIpc) is 2.56. The van der Waals surface area contributed by atoms with E-state index in [9.17, 15) is 14.9 Å². The molecule has 2 aromatic rings. The molecule has 0 heterocycles. The number of carbonyl (C=O) groups excluding carboxylic acids is 1. The Morgan fingerprint density at radius 3 is 2.58 bits per heavy atom. The third kappa shape index (κ3) is 4.45. The van der Waals surface area contributed by atoms with Crippen LogP contribution in [0.1, 0.15) is 5.56 Å². The van der Waals surface area contributed by atoms with Crippen LogP contribution >= 0.6 is 15.9 Å². The number of carbonyl (C=O) groups is 1. The van der Waals surface area contributed by atoms with Crippen molar-refractivity contribution in [1.82, 2.24) is 0 Å². The summed E-state index contributed by atoms with van der Waals surface area (Å²) in [5.41, 5.74) is 0.808. The van der Waals surface area contributed by atoms with Gasteiger partial charge in [0.05, 0.1) is 18.1 Å². The molecule has 0 aliphatic rings. The van der Waals surface area contributed by atoms with Gasteiger partial charge < -0.3 is 14.8 Å². The first-order chi connectivity index (χ1) is 11.4. The third-order valence-corrected chi connectivity index (χ3v) is 4.06. The van der Waals surface area contributed by atoms with E-state index in [1.54, 1.807) is 12.1 Å². The number of nitrogens with one attached hydrogen (secondary N) is 1. The highest BCUT2D eigenvalue weighted by atomic mass is 79.9. The molecule has 0 atom stereocenters. The van der Waals surface area contributed by atoms with Crippen LogP contribution in [0.3, 0.4) is 0 Å². The molecule has 0 aliphatic heterocycles. The number of anilines is 1. The fraction of sp³-hybridized carbons (Fsp3) is 0.188. The molecule has 126 valence electrons. The minimum Gasteiger partial charge on any atom is -0.496 e. The lowest BCUT2D eigenvalue weighted by Gasteiger charge is -2.09. The van der Waals surface area contributed by atoms with E-state index < -0.39 is 10.8 Å². The van der Waals surface area contributed by atoms with Crippen molar-refractivity contribution >= 4 is 33.2 Å². The molecule has 0 aliphatic carbocycles. The van der Waals surface area contributed by atoms with Gasteiger partial charge in [-0.05, 0) is 42.8 Å². The van der Waals surface area contributed by atoms with Crippen LogP contribution < -0.4 is 14.8 Å². The second-order valence-electron chi connectivity index (χ2n) is 4.89. The Morgan fingerprint density at radius 1 is 1.25 bits per heavy atom. The van der Waals surface area contributed by atoms with Crippen LogP contribution in [-0.2, 0) is 4.79 Å². The van der Waals surface area contributed by atoms with Crippen LogP contribution in [0.5, 0.6) is 11.5 Å². The van der Waals surface area contributed by atoms with E-state index in [-0.39, 0.29) is 18.0 Å². The molecule has 0 fully saturated rings. The second-order valence-corrected chi connectivity index (χ2v) is 5.74. The molecule has 1 amide bonds. The molecule has 0 saturated carbocycles. The lowest BCUT2D eigenvalue weighted by molar-refractivity contribution is -0.384. The van der Waals surface area contributed by atoms with E-state index in [1.165, 1.54) is 25.3 Å². The molecule has 0 unspecified atom stereocenters. The minimum absolute atomic E-state index is 0.0846. The molecule has 2 aromatic carbocycles. The van der Waals surface area contributed by atoms with Crippen molar-refractivity contribution in [2.45, 2.75) is 6.92 Å². The quantitative estimate of drug-likeness (QED) is 0.595. The molecular formula is C16H15BrN2O5. The zero-order valence-corrected chi connectivity index (χ0v) is 14.6. The first kappa shape index (κ1) is 17.7. The molecule has 0 spiro atoms. The van der Waals surface area contributed by atoms with E-state index in [1.807, 2.05) is 13.0 Å². The number of nitro groups is 1. The van der Waals surface area contributed by atoms with Crippen molar-refractivity contribution in [1.29, 1.82) is 0 Å². The van der Waals surface area contributed by atoms with Gasteiger partial charge in [0.15, 0.2) is 6.61 Å². The molecule has 7 nitrogen and oxygen atoms in total. The molecule has 2 rings (SSSR count). The Hall–Kier alpha value is -2.61. The highest BCUT2D eigenvalue weighted by Crippen LogP contribution is 2.29. The van der Waals surface area contributed by atoms with Gasteiger partial charge in [-0.1, -0.05) is 15.9 Å². The van der Waals surface area contributed by atoms with E-state index >= 15 is 0 Å². The average molecular weight is 395 g/mol. The lowest BCUT2D eigenvalue weighted by atomic mass is 10.2. The first-order valence-corrected chi connectivity index (χ1v) is 7.71. The van der Waals surface area contributed by atoms with Crippen LogP contribution in [-0.4, -0.2) is 24.5 Å². The molecule has 0 radical (unpaired) electrons. The van der Waals surface area contributed by atoms with Crippen molar-refractivity contribution in [3.8, 4) is 11.5 Å². The van der Waals surface area contributed by atoms with Crippen molar-refractivity contribution in [2.75, 3.05) is 19.0 Å². The zero-order valence-electron chi connectivity index (χ0n) is 13.0. The van der Waals surface area contributed by atoms with Crippen molar-refractivity contribution in [3.05, 3.63) is 56.5 Å². The highest BCUT2D eigenvalue weighted by molar-refractivity contribution is 9.10. The summed E-state index contributed by atoms with van der Waals surface area (Å²) in [5.74, 6) is 0.375. The Bertz CT molecular complexity index is 779. The van der Waals surface area contributed by atoms with Gasteiger partial charge in [-0.3, -0.25) is 14.9 Å². The van der Waals surface area contributed by atoms with Crippen molar-refractivity contribution in [3.63, 3.8) is 0 Å².